The van der Waals surface area contributed by atoms with E-state index in [1.54, 1.807) is 19.1 Å². The third kappa shape index (κ3) is 4.24. The molecule has 5 nitrogen and oxygen atoms in total. The van der Waals surface area contributed by atoms with Crippen molar-refractivity contribution in [2.75, 3.05) is 19.0 Å². The van der Waals surface area contributed by atoms with E-state index in [-0.39, 0.29) is 23.6 Å². The van der Waals surface area contributed by atoms with Crippen molar-refractivity contribution >= 4 is 33.3 Å². The number of aromatic nitrogens is 2. The summed E-state index contributed by atoms with van der Waals surface area (Å²) in [5.41, 5.74) is 1.69. The number of hydrogen-bond donors (Lipinski definition) is 0. The summed E-state index contributed by atoms with van der Waals surface area (Å²) in [6, 6.07) is 5.36. The monoisotopic (exact) mass is 400 g/mol. The molecule has 0 radical (unpaired) electrons. The van der Waals surface area contributed by atoms with E-state index in [9.17, 15) is 8.42 Å². The van der Waals surface area contributed by atoms with Crippen molar-refractivity contribution in [1.29, 1.82) is 0 Å². The molecule has 0 aliphatic carbocycles. The zero-order valence-corrected chi connectivity index (χ0v) is 17.6. The Bertz CT molecular complexity index is 863. The molecule has 7 heteroatoms. The quantitative estimate of drug-likeness (QED) is 0.778. The molecule has 0 N–H and O–H groups in total. The second-order valence-electron chi connectivity index (χ2n) is 7.91. The van der Waals surface area contributed by atoms with Crippen molar-refractivity contribution in [1.82, 2.24) is 9.55 Å². The lowest BCUT2D eigenvalue weighted by Gasteiger charge is -2.26. The minimum Gasteiger partial charge on any atom is -0.381 e. The first-order chi connectivity index (χ1) is 11.7. The molecule has 2 aromatic rings. The molecule has 2 heterocycles. The Morgan fingerprint density at radius 1 is 1.23 bits per heavy atom. The summed E-state index contributed by atoms with van der Waals surface area (Å²) in [6.07, 6.45) is 2.12. The summed E-state index contributed by atoms with van der Waals surface area (Å²) >= 11 is 0. The van der Waals surface area contributed by atoms with Crippen LogP contribution in [0.15, 0.2) is 23.1 Å². The molecule has 0 atom stereocenters. The van der Waals surface area contributed by atoms with Crippen LogP contribution in [-0.2, 0) is 26.5 Å². The second kappa shape index (κ2) is 7.87. The number of fused-ring (bicyclic) bond motifs is 1. The van der Waals surface area contributed by atoms with Crippen LogP contribution in [0.3, 0.4) is 0 Å². The highest BCUT2D eigenvalue weighted by Gasteiger charge is 2.26. The number of imidazole rings is 1. The molecule has 0 saturated carbocycles. The molecule has 26 heavy (non-hydrogen) atoms. The third-order valence-corrected chi connectivity index (χ3v) is 6.64. The smallest absolute Gasteiger partial charge is 0.178 e. The van der Waals surface area contributed by atoms with Gasteiger partial charge in [-0.05, 0) is 37.0 Å². The van der Waals surface area contributed by atoms with Gasteiger partial charge >= 0.3 is 0 Å². The van der Waals surface area contributed by atoms with E-state index in [0.717, 1.165) is 49.5 Å². The lowest BCUT2D eigenvalue weighted by Crippen LogP contribution is -2.25. The lowest BCUT2D eigenvalue weighted by atomic mass is 9.94. The minimum absolute atomic E-state index is 0. The Hall–Kier alpha value is -1.11. The van der Waals surface area contributed by atoms with Gasteiger partial charge in [0, 0.05) is 25.2 Å². The Labute approximate surface area is 162 Å². The van der Waals surface area contributed by atoms with Gasteiger partial charge in [-0.15, -0.1) is 12.4 Å². The molecule has 1 fully saturated rings. The van der Waals surface area contributed by atoms with Gasteiger partial charge in [0.25, 0.3) is 0 Å². The van der Waals surface area contributed by atoms with Crippen LogP contribution in [0.1, 0.15) is 46.4 Å². The molecule has 0 unspecified atom stereocenters. The number of sulfone groups is 1. The van der Waals surface area contributed by atoms with Crippen LogP contribution in [0.4, 0.5) is 0 Å². The fraction of sp³-hybridized carbons (Fsp3) is 0.632. The molecule has 1 aromatic carbocycles. The average Bonchev–Trinajstić information content (AvgIpc) is 2.94. The molecule has 1 aliphatic heterocycles. The van der Waals surface area contributed by atoms with Gasteiger partial charge in [0.05, 0.1) is 21.7 Å². The maximum Gasteiger partial charge on any atom is 0.178 e. The van der Waals surface area contributed by atoms with E-state index < -0.39 is 9.84 Å². The van der Waals surface area contributed by atoms with Crippen molar-refractivity contribution < 1.29 is 13.2 Å². The molecule has 1 saturated heterocycles. The van der Waals surface area contributed by atoms with E-state index in [0.29, 0.717) is 10.8 Å². The number of nitrogens with zero attached hydrogens (tertiary/aromatic N) is 2. The number of benzene rings is 1. The molecular weight excluding hydrogens is 372 g/mol. The van der Waals surface area contributed by atoms with Crippen LogP contribution >= 0.6 is 12.4 Å². The fourth-order valence-corrected chi connectivity index (χ4v) is 4.31. The maximum absolute atomic E-state index is 12.2. The summed E-state index contributed by atoms with van der Waals surface area (Å²) in [6.45, 7) is 10.7. The Morgan fingerprint density at radius 2 is 1.88 bits per heavy atom. The normalized spacial score (nSPS) is 16.6. The topological polar surface area (TPSA) is 61.2 Å². The second-order valence-corrected chi connectivity index (χ2v) is 10.2. The average molecular weight is 401 g/mol. The van der Waals surface area contributed by atoms with Gasteiger partial charge in [-0.2, -0.15) is 0 Å². The molecule has 0 spiro atoms. The summed E-state index contributed by atoms with van der Waals surface area (Å²) in [5, 5.41) is 0. The zero-order chi connectivity index (χ0) is 18.2. The summed E-state index contributed by atoms with van der Waals surface area (Å²) in [4.78, 5) is 5.19. The van der Waals surface area contributed by atoms with Crippen molar-refractivity contribution in [3.05, 3.63) is 24.0 Å². The molecular formula is C19H29ClN2O3S. The van der Waals surface area contributed by atoms with Crippen LogP contribution in [-0.4, -0.2) is 36.9 Å². The predicted octanol–water partition coefficient (Wildman–Crippen LogP) is 3.98. The van der Waals surface area contributed by atoms with E-state index in [1.807, 2.05) is 6.07 Å². The minimum atomic E-state index is -3.22. The van der Waals surface area contributed by atoms with E-state index >= 15 is 0 Å². The summed E-state index contributed by atoms with van der Waals surface area (Å²) in [5.74, 6) is 1.69. The highest BCUT2D eigenvalue weighted by molar-refractivity contribution is 7.91. The number of hydrogen-bond acceptors (Lipinski definition) is 4. The first kappa shape index (κ1) is 21.2. The number of ether oxygens (including phenoxy) is 1. The van der Waals surface area contributed by atoms with Crippen LogP contribution in [0, 0.1) is 5.92 Å². The van der Waals surface area contributed by atoms with Crippen LogP contribution < -0.4 is 0 Å². The number of rotatable bonds is 4. The predicted molar refractivity (Wildman–Crippen MR) is 107 cm³/mol. The van der Waals surface area contributed by atoms with Gasteiger partial charge in [-0.25, -0.2) is 13.4 Å². The molecule has 0 bridgehead atoms. The Kier molecular flexibility index (Phi) is 6.41. The Morgan fingerprint density at radius 3 is 2.46 bits per heavy atom. The standard InChI is InChI=1S/C19H28N2O3S.ClH/c1-5-25(22,23)15-6-7-17-16(12-15)20-18(19(2,3)4)21(17)13-14-8-10-24-11-9-14;/h6-7,12,14H,5,8-11,13H2,1-4H3;1H. The molecule has 3 rings (SSSR count). The van der Waals surface area contributed by atoms with Gasteiger partial charge < -0.3 is 9.30 Å². The molecule has 1 aliphatic rings. The first-order valence-electron chi connectivity index (χ1n) is 9.03. The maximum atomic E-state index is 12.2. The largest absolute Gasteiger partial charge is 0.381 e. The SMILES string of the molecule is CCS(=O)(=O)c1ccc2c(c1)nc(C(C)(C)C)n2CC1CCOCC1.Cl. The van der Waals surface area contributed by atoms with Gasteiger partial charge in [-0.1, -0.05) is 27.7 Å². The van der Waals surface area contributed by atoms with Crippen molar-refractivity contribution in [3.8, 4) is 0 Å². The van der Waals surface area contributed by atoms with E-state index in [2.05, 4.69) is 25.3 Å². The lowest BCUT2D eigenvalue weighted by molar-refractivity contribution is 0.0611. The highest BCUT2D eigenvalue weighted by Crippen LogP contribution is 2.30. The third-order valence-electron chi connectivity index (χ3n) is 4.91. The Balaban J connectivity index is 0.00000243. The van der Waals surface area contributed by atoms with Gasteiger partial charge in [0.2, 0.25) is 0 Å². The van der Waals surface area contributed by atoms with Crippen molar-refractivity contribution in [2.45, 2.75) is 57.4 Å². The van der Waals surface area contributed by atoms with Gasteiger partial charge in [0.15, 0.2) is 9.84 Å². The van der Waals surface area contributed by atoms with Crippen LogP contribution in [0.25, 0.3) is 11.0 Å². The van der Waals surface area contributed by atoms with Crippen molar-refractivity contribution in [2.24, 2.45) is 5.92 Å². The van der Waals surface area contributed by atoms with Crippen LogP contribution in [0.2, 0.25) is 0 Å². The van der Waals surface area contributed by atoms with E-state index in [4.69, 9.17) is 9.72 Å². The highest BCUT2D eigenvalue weighted by atomic mass is 35.5. The van der Waals surface area contributed by atoms with Gasteiger partial charge in [0.1, 0.15) is 5.82 Å². The molecule has 146 valence electrons. The first-order valence-corrected chi connectivity index (χ1v) is 10.7. The van der Waals surface area contributed by atoms with Crippen molar-refractivity contribution in [3.63, 3.8) is 0 Å². The van der Waals surface area contributed by atoms with Crippen LogP contribution in [0.5, 0.6) is 0 Å². The summed E-state index contributed by atoms with van der Waals surface area (Å²) in [7, 11) is -3.22. The fourth-order valence-electron chi connectivity index (χ4n) is 3.41. The molecule has 0 amide bonds. The van der Waals surface area contributed by atoms with E-state index in [1.165, 1.54) is 0 Å². The zero-order valence-electron chi connectivity index (χ0n) is 16.0. The number of halogens is 1. The molecule has 1 aromatic heterocycles. The van der Waals surface area contributed by atoms with Gasteiger partial charge in [-0.3, -0.25) is 0 Å². The summed E-state index contributed by atoms with van der Waals surface area (Å²) < 4.78 is 32.2.